The summed E-state index contributed by atoms with van der Waals surface area (Å²) in [7, 11) is 0. The van der Waals surface area contributed by atoms with E-state index in [2.05, 4.69) is 26.8 Å². The van der Waals surface area contributed by atoms with Gasteiger partial charge in [-0.2, -0.15) is 0 Å². The zero-order chi connectivity index (χ0) is 28.2. The van der Waals surface area contributed by atoms with Crippen LogP contribution in [0.25, 0.3) is 0 Å². The summed E-state index contributed by atoms with van der Waals surface area (Å²) in [6, 6.07) is 9.64. The van der Waals surface area contributed by atoms with Crippen molar-refractivity contribution in [1.82, 2.24) is 0 Å². The first kappa shape index (κ1) is 29.7. The summed E-state index contributed by atoms with van der Waals surface area (Å²) < 4.78 is 12.1. The molecule has 0 heterocycles. The zero-order valence-electron chi connectivity index (χ0n) is 26.0. The number of rotatable bonds is 12. The second kappa shape index (κ2) is 13.0. The minimum Gasteiger partial charge on any atom is -0.479 e. The molecule has 4 aliphatic rings. The maximum atomic E-state index is 13.1. The fourth-order valence-corrected chi connectivity index (χ4v) is 9.68. The Kier molecular flexibility index (Phi) is 9.68. The average molecular weight is 549 g/mol. The van der Waals surface area contributed by atoms with Crippen molar-refractivity contribution in [3.8, 4) is 5.75 Å². The highest BCUT2D eigenvalue weighted by Crippen LogP contribution is 2.66. The topological polar surface area (TPSA) is 35.5 Å². The third kappa shape index (κ3) is 6.05. The Hall–Kier alpha value is -1.77. The number of fused-ring (bicyclic) bond motifs is 5. The summed E-state index contributed by atoms with van der Waals surface area (Å²) in [5.41, 5.74) is 2.43. The number of unbranched alkanes of at least 4 members (excludes halogenated alkanes) is 5. The van der Waals surface area contributed by atoms with Crippen LogP contribution in [0.3, 0.4) is 0 Å². The molecule has 3 heteroatoms. The van der Waals surface area contributed by atoms with Crippen molar-refractivity contribution < 1.29 is 14.3 Å². The number of carbonyl (C=O) groups is 1. The third-order valence-electron chi connectivity index (χ3n) is 12.1. The predicted molar refractivity (Wildman–Crippen MR) is 164 cm³/mol. The molecule has 0 radical (unpaired) electrons. The fourth-order valence-electron chi connectivity index (χ4n) is 9.68. The number of allylic oxidation sites excluding steroid dienone is 1. The van der Waals surface area contributed by atoms with E-state index in [4.69, 9.17) is 9.47 Å². The summed E-state index contributed by atoms with van der Waals surface area (Å²) in [5, 5.41) is 0. The summed E-state index contributed by atoms with van der Waals surface area (Å²) in [4.78, 5) is 13.1. The van der Waals surface area contributed by atoms with E-state index in [1.807, 2.05) is 37.3 Å². The molecule has 0 spiro atoms. The van der Waals surface area contributed by atoms with Crippen molar-refractivity contribution in [3.05, 3.63) is 42.0 Å². The molecule has 8 atom stereocenters. The van der Waals surface area contributed by atoms with Gasteiger partial charge >= 0.3 is 5.97 Å². The van der Waals surface area contributed by atoms with Crippen molar-refractivity contribution in [2.24, 2.45) is 34.5 Å². The smallest absolute Gasteiger partial charge is 0.347 e. The van der Waals surface area contributed by atoms with E-state index < -0.39 is 6.10 Å². The van der Waals surface area contributed by atoms with Crippen molar-refractivity contribution in [3.63, 3.8) is 0 Å². The van der Waals surface area contributed by atoms with Gasteiger partial charge in [-0.25, -0.2) is 4.79 Å². The van der Waals surface area contributed by atoms with Crippen LogP contribution >= 0.6 is 0 Å². The molecule has 222 valence electrons. The summed E-state index contributed by atoms with van der Waals surface area (Å²) in [6.07, 6.45) is 22.7. The minimum atomic E-state index is -0.539. The molecular weight excluding hydrogens is 492 g/mol. The molecule has 0 unspecified atom stereocenters. The summed E-state index contributed by atoms with van der Waals surface area (Å²) in [5.74, 6) is 4.04. The van der Waals surface area contributed by atoms with Crippen LogP contribution < -0.4 is 4.74 Å². The van der Waals surface area contributed by atoms with Crippen LogP contribution in [0.4, 0.5) is 0 Å². The Morgan fingerprint density at radius 2 is 1.70 bits per heavy atom. The van der Waals surface area contributed by atoms with Crippen LogP contribution in [0.2, 0.25) is 0 Å². The molecule has 0 N–H and O–H groups in total. The molecule has 1 aromatic rings. The van der Waals surface area contributed by atoms with Gasteiger partial charge in [-0.05, 0) is 104 Å². The number of ether oxygens (including phenoxy) is 2. The van der Waals surface area contributed by atoms with Crippen LogP contribution in [0.5, 0.6) is 5.75 Å². The fraction of sp³-hybridized carbons (Fsp3) is 0.757. The summed E-state index contributed by atoms with van der Waals surface area (Å²) >= 11 is 0. The SMILES string of the molecule is CCCCCCCC[C@H]1CC[C@H]2[C@@H]3CC=C4C[C@@H](OC(=O)[C@H](CC)Oc5ccccc5)CC[C@]4(C)[C@H]3CC[C@]12C. The first-order valence-electron chi connectivity index (χ1n) is 17.0. The predicted octanol–water partition coefficient (Wildman–Crippen LogP) is 10.1. The van der Waals surface area contributed by atoms with E-state index >= 15 is 0 Å². The third-order valence-corrected chi connectivity index (χ3v) is 12.1. The average Bonchev–Trinajstić information content (AvgIpc) is 3.30. The van der Waals surface area contributed by atoms with Crippen molar-refractivity contribution >= 4 is 5.97 Å². The molecule has 0 bridgehead atoms. The lowest BCUT2D eigenvalue weighted by Crippen LogP contribution is -2.50. The lowest BCUT2D eigenvalue weighted by molar-refractivity contribution is -0.160. The minimum absolute atomic E-state index is 0.0150. The zero-order valence-corrected chi connectivity index (χ0v) is 26.0. The summed E-state index contributed by atoms with van der Waals surface area (Å²) in [6.45, 7) is 9.55. The van der Waals surface area contributed by atoms with Gasteiger partial charge in [-0.3, -0.25) is 0 Å². The number of esters is 1. The number of hydrogen-bond acceptors (Lipinski definition) is 3. The molecular formula is C37H56O3. The van der Waals surface area contributed by atoms with Gasteiger partial charge in [0.15, 0.2) is 6.10 Å². The van der Waals surface area contributed by atoms with Crippen molar-refractivity contribution in [2.45, 2.75) is 143 Å². The van der Waals surface area contributed by atoms with Crippen LogP contribution in [-0.4, -0.2) is 18.2 Å². The maximum Gasteiger partial charge on any atom is 0.347 e. The molecule has 3 saturated carbocycles. The van der Waals surface area contributed by atoms with E-state index in [-0.39, 0.29) is 17.5 Å². The van der Waals surface area contributed by atoms with E-state index in [1.54, 1.807) is 5.57 Å². The molecule has 0 amide bonds. The molecule has 0 aromatic heterocycles. The quantitative estimate of drug-likeness (QED) is 0.148. The van der Waals surface area contributed by atoms with E-state index in [0.717, 1.165) is 48.7 Å². The highest BCUT2D eigenvalue weighted by atomic mass is 16.6. The number of para-hydroxylation sites is 1. The Balaban J connectivity index is 1.17. The van der Waals surface area contributed by atoms with Gasteiger partial charge in [0.25, 0.3) is 0 Å². The van der Waals surface area contributed by atoms with Gasteiger partial charge in [0.2, 0.25) is 0 Å². The molecule has 0 saturated heterocycles. The molecule has 40 heavy (non-hydrogen) atoms. The Morgan fingerprint density at radius 3 is 2.48 bits per heavy atom. The van der Waals surface area contributed by atoms with Crippen LogP contribution in [-0.2, 0) is 9.53 Å². The molecule has 3 nitrogen and oxygen atoms in total. The van der Waals surface area contributed by atoms with Crippen LogP contribution in [0.15, 0.2) is 42.0 Å². The van der Waals surface area contributed by atoms with E-state index in [1.165, 1.54) is 77.0 Å². The second-order valence-electron chi connectivity index (χ2n) is 14.3. The van der Waals surface area contributed by atoms with E-state index in [0.29, 0.717) is 11.8 Å². The highest BCUT2D eigenvalue weighted by Gasteiger charge is 2.58. The normalized spacial score (nSPS) is 35.6. The van der Waals surface area contributed by atoms with Gasteiger partial charge in [-0.1, -0.05) is 96.1 Å². The van der Waals surface area contributed by atoms with Crippen LogP contribution in [0, 0.1) is 34.5 Å². The number of carbonyl (C=O) groups excluding carboxylic acids is 1. The van der Waals surface area contributed by atoms with E-state index in [9.17, 15) is 4.79 Å². The monoisotopic (exact) mass is 548 g/mol. The second-order valence-corrected chi connectivity index (χ2v) is 14.3. The van der Waals surface area contributed by atoms with Gasteiger partial charge < -0.3 is 9.47 Å². The maximum absolute atomic E-state index is 13.1. The first-order valence-corrected chi connectivity index (χ1v) is 17.0. The van der Waals surface area contributed by atoms with Gasteiger partial charge in [-0.15, -0.1) is 0 Å². The number of benzene rings is 1. The Bertz CT molecular complexity index is 1000. The molecule has 3 fully saturated rings. The molecule has 1 aromatic carbocycles. The Morgan fingerprint density at radius 1 is 0.925 bits per heavy atom. The van der Waals surface area contributed by atoms with Crippen LogP contribution in [0.1, 0.15) is 130 Å². The Labute approximate surface area is 244 Å². The lowest BCUT2D eigenvalue weighted by atomic mass is 9.47. The van der Waals surface area contributed by atoms with Crippen molar-refractivity contribution in [2.75, 3.05) is 0 Å². The van der Waals surface area contributed by atoms with Gasteiger partial charge in [0.1, 0.15) is 11.9 Å². The molecule has 5 rings (SSSR count). The first-order chi connectivity index (χ1) is 19.4. The van der Waals surface area contributed by atoms with Gasteiger partial charge in [0.05, 0.1) is 0 Å². The lowest BCUT2D eigenvalue weighted by Gasteiger charge is -2.58. The van der Waals surface area contributed by atoms with Gasteiger partial charge in [0, 0.05) is 6.42 Å². The standard InChI is InChI=1S/C37H56O3/c1-5-7-8-9-10-12-15-27-19-21-32-31-20-18-28-26-30(22-24-37(28,4)33(31)23-25-36(27,32)3)40-35(38)34(6-2)39-29-16-13-11-14-17-29/h11,13-14,16-18,27,30-34H,5-10,12,15,19-26H2,1-4H3/t27-,30-,31-,32-,33-,34-,36+,37-/m0/s1. The highest BCUT2D eigenvalue weighted by molar-refractivity contribution is 5.75. The van der Waals surface area contributed by atoms with Crippen molar-refractivity contribution in [1.29, 1.82) is 0 Å². The number of hydrogen-bond donors (Lipinski definition) is 0. The molecule has 0 aliphatic heterocycles. The largest absolute Gasteiger partial charge is 0.479 e. The molecule has 4 aliphatic carbocycles.